The number of halogens is 1. The highest BCUT2D eigenvalue weighted by molar-refractivity contribution is 6.32. The third-order valence-electron chi connectivity index (χ3n) is 9.90. The fourth-order valence-corrected chi connectivity index (χ4v) is 7.26. The second-order valence-corrected chi connectivity index (χ2v) is 14.2. The number of carboxylic acids is 1. The zero-order chi connectivity index (χ0) is 36.1. The number of benzene rings is 3. The Morgan fingerprint density at radius 2 is 1.67 bits per heavy atom. The van der Waals surface area contributed by atoms with Crippen molar-refractivity contribution in [3.63, 3.8) is 0 Å². The molecule has 270 valence electrons. The molecule has 2 aliphatic heterocycles. The Morgan fingerprint density at radius 3 is 2.37 bits per heavy atom. The summed E-state index contributed by atoms with van der Waals surface area (Å²) in [6, 6.07) is 21.4. The SMILES string of the molecule is Cc1cc(Cl)c(OCCOc2ccc(C3=C(C(=O)N(CCc4ccccc4)C4CC4)[C@H]4CN(C(=O)C[C@H](O)CC(=O)O)C[C@@H](C3)N4)cc2)cc1C. The number of rotatable bonds is 15. The van der Waals surface area contributed by atoms with Crippen molar-refractivity contribution in [3.05, 3.63) is 99.6 Å². The molecule has 2 bridgehead atoms. The number of aryl methyl sites for hydroxylation is 2. The molecule has 0 spiro atoms. The van der Waals surface area contributed by atoms with Crippen LogP contribution in [-0.4, -0.2) is 94.9 Å². The van der Waals surface area contributed by atoms with Crippen LogP contribution in [0.15, 0.2) is 72.3 Å². The molecule has 11 heteroatoms. The number of hydrogen-bond acceptors (Lipinski definition) is 7. The first-order valence-electron chi connectivity index (χ1n) is 17.7. The number of carboxylic acid groups (broad SMARTS) is 1. The molecule has 3 atom stereocenters. The van der Waals surface area contributed by atoms with Gasteiger partial charge in [-0.3, -0.25) is 14.4 Å². The highest BCUT2D eigenvalue weighted by Crippen LogP contribution is 2.37. The third-order valence-corrected chi connectivity index (χ3v) is 10.2. The monoisotopic (exact) mass is 715 g/mol. The molecule has 0 aromatic heterocycles. The Labute approximate surface area is 304 Å². The molecule has 10 nitrogen and oxygen atoms in total. The number of aliphatic hydroxyl groups is 1. The predicted molar refractivity (Wildman–Crippen MR) is 195 cm³/mol. The van der Waals surface area contributed by atoms with Crippen LogP contribution >= 0.6 is 11.6 Å². The van der Waals surface area contributed by atoms with Crippen molar-refractivity contribution in [2.75, 3.05) is 32.8 Å². The quantitative estimate of drug-likeness (QED) is 0.183. The van der Waals surface area contributed by atoms with Gasteiger partial charge in [0.15, 0.2) is 0 Å². The van der Waals surface area contributed by atoms with Crippen molar-refractivity contribution < 1.29 is 34.1 Å². The van der Waals surface area contributed by atoms with E-state index in [9.17, 15) is 19.5 Å². The Balaban J connectivity index is 1.20. The lowest BCUT2D eigenvalue weighted by molar-refractivity contribution is -0.141. The van der Waals surface area contributed by atoms with E-state index in [1.54, 1.807) is 4.90 Å². The molecular weight excluding hydrogens is 670 g/mol. The maximum atomic E-state index is 14.7. The molecule has 1 saturated carbocycles. The number of ether oxygens (including phenoxy) is 2. The number of aliphatic carboxylic acids is 1. The summed E-state index contributed by atoms with van der Waals surface area (Å²) < 4.78 is 11.9. The van der Waals surface area contributed by atoms with Gasteiger partial charge in [-0.1, -0.05) is 54.1 Å². The summed E-state index contributed by atoms with van der Waals surface area (Å²) in [5, 5.41) is 23.4. The average molecular weight is 716 g/mol. The van der Waals surface area contributed by atoms with Gasteiger partial charge in [0.1, 0.15) is 24.7 Å². The maximum Gasteiger partial charge on any atom is 0.305 e. The molecule has 3 aromatic carbocycles. The van der Waals surface area contributed by atoms with E-state index in [4.69, 9.17) is 26.2 Å². The van der Waals surface area contributed by atoms with Gasteiger partial charge in [0.05, 0.1) is 30.0 Å². The summed E-state index contributed by atoms with van der Waals surface area (Å²) in [6.45, 7) is 5.91. The highest BCUT2D eigenvalue weighted by atomic mass is 35.5. The van der Waals surface area contributed by atoms with Gasteiger partial charge < -0.3 is 34.8 Å². The second kappa shape index (κ2) is 16.3. The number of hydrogen-bond donors (Lipinski definition) is 3. The van der Waals surface area contributed by atoms with E-state index < -0.39 is 24.5 Å². The lowest BCUT2D eigenvalue weighted by Gasteiger charge is -2.45. The Kier molecular flexibility index (Phi) is 11.6. The topological polar surface area (TPSA) is 129 Å². The summed E-state index contributed by atoms with van der Waals surface area (Å²) >= 11 is 6.35. The van der Waals surface area contributed by atoms with Crippen LogP contribution in [0.25, 0.3) is 5.57 Å². The smallest absolute Gasteiger partial charge is 0.305 e. The molecule has 2 heterocycles. The molecule has 1 saturated heterocycles. The number of piperazine rings is 1. The fraction of sp³-hybridized carbons (Fsp3) is 0.425. The first-order chi connectivity index (χ1) is 24.5. The van der Waals surface area contributed by atoms with Gasteiger partial charge in [0.2, 0.25) is 5.91 Å². The Morgan fingerprint density at radius 1 is 0.961 bits per heavy atom. The minimum Gasteiger partial charge on any atom is -0.490 e. The van der Waals surface area contributed by atoms with Gasteiger partial charge in [0, 0.05) is 37.3 Å². The standard InChI is InChI=1S/C40H46ClN3O7/c1-25-18-34(41)36(19-26(25)2)51-17-16-50-32-12-8-28(9-13-32)33-20-29-23-43(37(46)21-31(45)22-38(47)48)24-35(42-29)39(33)40(49)44(30-10-11-30)15-14-27-6-4-3-5-7-27/h3-9,12-13,18-19,29-31,35,42,45H,10-11,14-17,20-24H2,1-2H3,(H,47,48)/t29-,31+,35-/m1/s1. The van der Waals surface area contributed by atoms with Gasteiger partial charge in [-0.15, -0.1) is 0 Å². The molecule has 6 rings (SSSR count). The van der Waals surface area contributed by atoms with Gasteiger partial charge in [-0.2, -0.15) is 0 Å². The van der Waals surface area contributed by atoms with Crippen molar-refractivity contribution in [1.29, 1.82) is 0 Å². The van der Waals surface area contributed by atoms with E-state index in [-0.39, 0.29) is 36.9 Å². The molecule has 1 aliphatic carbocycles. The summed E-state index contributed by atoms with van der Waals surface area (Å²) in [6.07, 6.45) is 1.15. The van der Waals surface area contributed by atoms with Crippen LogP contribution < -0.4 is 14.8 Å². The second-order valence-electron chi connectivity index (χ2n) is 13.8. The minimum atomic E-state index is -1.27. The zero-order valence-corrected chi connectivity index (χ0v) is 29.9. The number of carbonyl (C=O) groups excluding carboxylic acids is 2. The van der Waals surface area contributed by atoms with Gasteiger partial charge in [0.25, 0.3) is 5.91 Å². The van der Waals surface area contributed by atoms with Crippen molar-refractivity contribution in [2.24, 2.45) is 0 Å². The van der Waals surface area contributed by atoms with Crippen LogP contribution in [0, 0.1) is 13.8 Å². The molecule has 2 fully saturated rings. The van der Waals surface area contributed by atoms with Crippen LogP contribution in [-0.2, 0) is 20.8 Å². The van der Waals surface area contributed by atoms with Crippen molar-refractivity contribution in [2.45, 2.75) is 76.6 Å². The largest absolute Gasteiger partial charge is 0.490 e. The molecule has 2 amide bonds. The Bertz CT molecular complexity index is 1760. The third kappa shape index (κ3) is 9.30. The van der Waals surface area contributed by atoms with Crippen LogP contribution in [0.5, 0.6) is 11.5 Å². The fourth-order valence-electron chi connectivity index (χ4n) is 6.99. The normalized spacial score (nSPS) is 19.0. The number of fused-ring (bicyclic) bond motifs is 2. The molecule has 3 N–H and O–H groups in total. The number of aliphatic hydroxyl groups excluding tert-OH is 1. The predicted octanol–water partition coefficient (Wildman–Crippen LogP) is 5.20. The van der Waals surface area contributed by atoms with Gasteiger partial charge in [-0.05, 0) is 91.6 Å². The summed E-state index contributed by atoms with van der Waals surface area (Å²) in [7, 11) is 0. The molecule has 3 aromatic rings. The van der Waals surface area contributed by atoms with Crippen LogP contribution in [0.4, 0.5) is 0 Å². The summed E-state index contributed by atoms with van der Waals surface area (Å²) in [4.78, 5) is 42.6. The van der Waals surface area contributed by atoms with E-state index >= 15 is 0 Å². The summed E-state index contributed by atoms with van der Waals surface area (Å²) in [5.74, 6) is -0.197. The van der Waals surface area contributed by atoms with Crippen LogP contribution in [0.2, 0.25) is 5.02 Å². The summed E-state index contributed by atoms with van der Waals surface area (Å²) in [5.41, 5.74) is 5.91. The number of nitrogens with zero attached hydrogens (tertiary/aromatic N) is 2. The lowest BCUT2D eigenvalue weighted by Crippen LogP contribution is -2.62. The first kappa shape index (κ1) is 36.4. The van der Waals surface area contributed by atoms with Crippen molar-refractivity contribution in [1.82, 2.24) is 15.1 Å². The van der Waals surface area contributed by atoms with Crippen LogP contribution in [0.3, 0.4) is 0 Å². The van der Waals surface area contributed by atoms with Crippen molar-refractivity contribution in [3.8, 4) is 11.5 Å². The van der Waals surface area contributed by atoms with E-state index in [0.717, 1.165) is 41.5 Å². The van der Waals surface area contributed by atoms with E-state index in [1.807, 2.05) is 73.3 Å². The number of nitrogens with one attached hydrogen (secondary N) is 1. The Hall–Kier alpha value is -4.38. The molecular formula is C40H46ClN3O7. The highest BCUT2D eigenvalue weighted by Gasteiger charge is 2.43. The number of amides is 2. The van der Waals surface area contributed by atoms with E-state index in [1.165, 1.54) is 5.56 Å². The van der Waals surface area contributed by atoms with Gasteiger partial charge >= 0.3 is 5.97 Å². The number of carbonyl (C=O) groups is 3. The maximum absolute atomic E-state index is 14.7. The lowest BCUT2D eigenvalue weighted by atomic mass is 9.82. The average Bonchev–Trinajstić information content (AvgIpc) is 3.94. The molecule has 51 heavy (non-hydrogen) atoms. The van der Waals surface area contributed by atoms with Crippen LogP contribution in [0.1, 0.15) is 54.4 Å². The molecule has 3 aliphatic rings. The minimum absolute atomic E-state index is 0.0259. The molecule has 0 radical (unpaired) electrons. The van der Waals surface area contributed by atoms with E-state index in [2.05, 4.69) is 17.4 Å². The zero-order valence-electron chi connectivity index (χ0n) is 29.1. The van der Waals surface area contributed by atoms with Gasteiger partial charge in [-0.25, -0.2) is 0 Å². The van der Waals surface area contributed by atoms with Crippen molar-refractivity contribution >= 4 is 35.0 Å². The van der Waals surface area contributed by atoms with E-state index in [0.29, 0.717) is 54.8 Å². The molecule has 0 unspecified atom stereocenters. The first-order valence-corrected chi connectivity index (χ1v) is 18.1.